The van der Waals surface area contributed by atoms with Crippen molar-refractivity contribution in [1.82, 2.24) is 9.47 Å². The summed E-state index contributed by atoms with van der Waals surface area (Å²) in [6.45, 7) is 0. The first-order chi connectivity index (χ1) is 13.1. The number of amides is 1. The lowest BCUT2D eigenvalue weighted by atomic mass is 10.0. The summed E-state index contributed by atoms with van der Waals surface area (Å²) in [4.78, 5) is 14.4. The van der Waals surface area contributed by atoms with Crippen molar-refractivity contribution in [2.75, 3.05) is 14.1 Å². The van der Waals surface area contributed by atoms with E-state index < -0.39 is 0 Å². The van der Waals surface area contributed by atoms with Crippen molar-refractivity contribution in [3.05, 3.63) is 90.4 Å². The van der Waals surface area contributed by atoms with Crippen molar-refractivity contribution in [3.8, 4) is 16.8 Å². The molecule has 3 nitrogen and oxygen atoms in total. The summed E-state index contributed by atoms with van der Waals surface area (Å²) in [5.74, 6) is -0.450. The molecule has 0 bridgehead atoms. The zero-order valence-electron chi connectivity index (χ0n) is 15.2. The zero-order chi connectivity index (χ0) is 19.0. The third-order valence-corrected chi connectivity index (χ3v) is 4.62. The van der Waals surface area contributed by atoms with Gasteiger partial charge in [-0.15, -0.1) is 0 Å². The van der Waals surface area contributed by atoms with Gasteiger partial charge in [-0.3, -0.25) is 4.79 Å². The van der Waals surface area contributed by atoms with Crippen LogP contribution in [0.5, 0.6) is 0 Å². The number of nitrogens with zero attached hydrogens (tertiary/aromatic N) is 2. The summed E-state index contributed by atoms with van der Waals surface area (Å²) in [7, 11) is 3.43. The van der Waals surface area contributed by atoms with Crippen LogP contribution in [0.25, 0.3) is 27.7 Å². The van der Waals surface area contributed by atoms with Crippen molar-refractivity contribution in [2.45, 2.75) is 0 Å². The second-order valence-electron chi connectivity index (χ2n) is 6.65. The first kappa shape index (κ1) is 17.0. The number of carbonyl (C=O) groups excluding carboxylic acids is 1. The molecule has 4 heteroatoms. The number of para-hydroxylation sites is 1. The summed E-state index contributed by atoms with van der Waals surface area (Å²) in [5, 5.41) is 0.697. The fourth-order valence-electron chi connectivity index (χ4n) is 3.36. The van der Waals surface area contributed by atoms with Gasteiger partial charge >= 0.3 is 0 Å². The number of aromatic nitrogens is 1. The molecule has 0 saturated carbocycles. The van der Waals surface area contributed by atoms with Crippen LogP contribution in [-0.2, 0) is 0 Å². The molecule has 0 radical (unpaired) electrons. The molecule has 1 heterocycles. The fraction of sp³-hybridized carbons (Fsp3) is 0.0870. The lowest BCUT2D eigenvalue weighted by Crippen LogP contribution is -2.24. The van der Waals surface area contributed by atoms with E-state index >= 15 is 0 Å². The molecule has 27 heavy (non-hydrogen) atoms. The van der Waals surface area contributed by atoms with E-state index in [1.807, 2.05) is 59.2 Å². The number of halogens is 1. The quantitative estimate of drug-likeness (QED) is 0.498. The Bertz CT molecular complexity index is 1130. The first-order valence-corrected chi connectivity index (χ1v) is 8.74. The molecule has 4 rings (SSSR count). The minimum absolute atomic E-state index is 0.130. The van der Waals surface area contributed by atoms with Gasteiger partial charge in [-0.2, -0.15) is 0 Å². The van der Waals surface area contributed by atoms with E-state index in [4.69, 9.17) is 0 Å². The molecule has 0 spiro atoms. The topological polar surface area (TPSA) is 25.2 Å². The van der Waals surface area contributed by atoms with E-state index in [0.717, 1.165) is 22.3 Å². The number of rotatable bonds is 3. The Balaban J connectivity index is 2.05. The van der Waals surface area contributed by atoms with Gasteiger partial charge < -0.3 is 9.47 Å². The van der Waals surface area contributed by atoms with E-state index in [1.54, 1.807) is 26.2 Å². The van der Waals surface area contributed by atoms with Gasteiger partial charge in [0.1, 0.15) is 11.5 Å². The average Bonchev–Trinajstić information content (AvgIpc) is 3.06. The molecule has 134 valence electrons. The van der Waals surface area contributed by atoms with Gasteiger partial charge in [0.25, 0.3) is 5.91 Å². The van der Waals surface area contributed by atoms with Crippen molar-refractivity contribution in [1.29, 1.82) is 0 Å². The summed E-state index contributed by atoms with van der Waals surface area (Å²) < 4.78 is 15.7. The van der Waals surface area contributed by atoms with Crippen LogP contribution in [0.15, 0.2) is 78.9 Å². The molecule has 1 aromatic heterocycles. The Morgan fingerprint density at radius 2 is 1.59 bits per heavy atom. The molecule has 4 aromatic rings. The summed E-state index contributed by atoms with van der Waals surface area (Å²) in [6, 6.07) is 24.3. The van der Waals surface area contributed by atoms with Crippen LogP contribution in [0.4, 0.5) is 4.39 Å². The average molecular weight is 358 g/mol. The number of carbonyl (C=O) groups is 1. The molecular weight excluding hydrogens is 339 g/mol. The third kappa shape index (κ3) is 2.99. The fourth-order valence-corrected chi connectivity index (χ4v) is 3.36. The highest BCUT2D eigenvalue weighted by Gasteiger charge is 2.20. The molecule has 0 aliphatic heterocycles. The Kier molecular flexibility index (Phi) is 4.24. The molecule has 0 aliphatic carbocycles. The van der Waals surface area contributed by atoms with Gasteiger partial charge in [0.15, 0.2) is 0 Å². The van der Waals surface area contributed by atoms with Crippen LogP contribution in [-0.4, -0.2) is 29.5 Å². The van der Waals surface area contributed by atoms with Crippen LogP contribution >= 0.6 is 0 Å². The Morgan fingerprint density at radius 1 is 0.889 bits per heavy atom. The van der Waals surface area contributed by atoms with Gasteiger partial charge in [-0.1, -0.05) is 48.5 Å². The van der Waals surface area contributed by atoms with Crippen LogP contribution in [0.2, 0.25) is 0 Å². The number of benzene rings is 3. The first-order valence-electron chi connectivity index (χ1n) is 8.74. The standard InChI is InChI=1S/C23H19FN2O/c1-25(2)23(27)22-15-17-14-18(24)12-13-20(17)26(22)21-11-7-6-10-19(21)16-8-4-3-5-9-16/h3-15H,1-2H3. The van der Waals surface area contributed by atoms with Crippen LogP contribution in [0.3, 0.4) is 0 Å². The summed E-state index contributed by atoms with van der Waals surface area (Å²) in [6.07, 6.45) is 0. The Morgan fingerprint density at radius 3 is 2.33 bits per heavy atom. The SMILES string of the molecule is CN(C)C(=O)c1cc2cc(F)ccc2n1-c1ccccc1-c1ccccc1. The minimum Gasteiger partial charge on any atom is -0.343 e. The lowest BCUT2D eigenvalue weighted by molar-refractivity contribution is 0.0820. The highest BCUT2D eigenvalue weighted by molar-refractivity contribution is 6.00. The molecule has 0 aliphatic rings. The Hall–Kier alpha value is -3.40. The molecule has 0 atom stereocenters. The van der Waals surface area contributed by atoms with Crippen LogP contribution in [0.1, 0.15) is 10.5 Å². The van der Waals surface area contributed by atoms with E-state index in [0.29, 0.717) is 11.1 Å². The maximum Gasteiger partial charge on any atom is 0.270 e. The number of hydrogen-bond acceptors (Lipinski definition) is 1. The van der Waals surface area contributed by atoms with E-state index in [-0.39, 0.29) is 11.7 Å². The maximum absolute atomic E-state index is 13.8. The predicted octanol–water partition coefficient (Wildman–Crippen LogP) is 5.14. The summed E-state index contributed by atoms with van der Waals surface area (Å²) in [5.41, 5.74) is 4.25. The van der Waals surface area contributed by atoms with E-state index in [1.165, 1.54) is 17.0 Å². The smallest absolute Gasteiger partial charge is 0.270 e. The molecular formula is C23H19FN2O. The van der Waals surface area contributed by atoms with Gasteiger partial charge in [-0.05, 0) is 35.9 Å². The third-order valence-electron chi connectivity index (χ3n) is 4.62. The molecule has 0 unspecified atom stereocenters. The van der Waals surface area contributed by atoms with E-state index in [2.05, 4.69) is 0 Å². The number of hydrogen-bond donors (Lipinski definition) is 0. The van der Waals surface area contributed by atoms with Gasteiger partial charge in [0, 0.05) is 25.0 Å². The largest absolute Gasteiger partial charge is 0.343 e. The predicted molar refractivity (Wildman–Crippen MR) is 107 cm³/mol. The van der Waals surface area contributed by atoms with Crippen LogP contribution in [0, 0.1) is 5.82 Å². The number of fused-ring (bicyclic) bond motifs is 1. The van der Waals surface area contributed by atoms with Crippen molar-refractivity contribution >= 4 is 16.8 Å². The van der Waals surface area contributed by atoms with Gasteiger partial charge in [0.05, 0.1) is 11.2 Å². The summed E-state index contributed by atoms with van der Waals surface area (Å²) >= 11 is 0. The van der Waals surface area contributed by atoms with E-state index in [9.17, 15) is 9.18 Å². The molecule has 0 fully saturated rings. The second kappa shape index (κ2) is 6.72. The highest BCUT2D eigenvalue weighted by atomic mass is 19.1. The van der Waals surface area contributed by atoms with Gasteiger partial charge in [-0.25, -0.2) is 4.39 Å². The highest BCUT2D eigenvalue weighted by Crippen LogP contribution is 2.32. The van der Waals surface area contributed by atoms with Crippen molar-refractivity contribution < 1.29 is 9.18 Å². The normalized spacial score (nSPS) is 10.9. The second-order valence-corrected chi connectivity index (χ2v) is 6.65. The van der Waals surface area contributed by atoms with Gasteiger partial charge in [0.2, 0.25) is 0 Å². The zero-order valence-corrected chi connectivity index (χ0v) is 15.2. The Labute approximate surface area is 157 Å². The molecule has 1 amide bonds. The van der Waals surface area contributed by atoms with Crippen molar-refractivity contribution in [3.63, 3.8) is 0 Å². The molecule has 0 saturated heterocycles. The molecule has 0 N–H and O–H groups in total. The molecule has 3 aromatic carbocycles. The van der Waals surface area contributed by atoms with Crippen molar-refractivity contribution in [2.24, 2.45) is 0 Å². The maximum atomic E-state index is 13.8. The minimum atomic E-state index is -0.320. The monoisotopic (exact) mass is 358 g/mol. The van der Waals surface area contributed by atoms with Crippen LogP contribution < -0.4 is 0 Å². The lowest BCUT2D eigenvalue weighted by Gasteiger charge is -2.17.